The van der Waals surface area contributed by atoms with E-state index in [0.29, 0.717) is 23.3 Å². The fourth-order valence-corrected chi connectivity index (χ4v) is 3.35. The van der Waals surface area contributed by atoms with E-state index in [2.05, 4.69) is 10.0 Å². The fourth-order valence-electron chi connectivity index (χ4n) is 3.35. The van der Waals surface area contributed by atoms with Gasteiger partial charge in [0.1, 0.15) is 11.6 Å². The first-order valence-electron chi connectivity index (χ1n) is 9.16. The van der Waals surface area contributed by atoms with Crippen molar-refractivity contribution in [3.05, 3.63) is 70.3 Å². The van der Waals surface area contributed by atoms with Crippen molar-refractivity contribution in [3.8, 4) is 5.75 Å². The van der Waals surface area contributed by atoms with Crippen molar-refractivity contribution in [2.75, 3.05) is 20.2 Å². The van der Waals surface area contributed by atoms with E-state index in [1.54, 1.807) is 19.4 Å². The molecule has 2 heterocycles. The third-order valence-corrected chi connectivity index (χ3v) is 4.82. The number of benzene rings is 2. The van der Waals surface area contributed by atoms with Gasteiger partial charge in [-0.05, 0) is 67.9 Å². The molecule has 0 bridgehead atoms. The van der Waals surface area contributed by atoms with Gasteiger partial charge in [0.05, 0.1) is 30.8 Å². The highest BCUT2D eigenvalue weighted by Gasteiger charge is 2.17. The summed E-state index contributed by atoms with van der Waals surface area (Å²) in [4.78, 5) is 20.1. The lowest BCUT2D eigenvalue weighted by molar-refractivity contribution is 0.316. The highest BCUT2D eigenvalue weighted by molar-refractivity contribution is 5.80. The van der Waals surface area contributed by atoms with Gasteiger partial charge in [-0.2, -0.15) is 9.78 Å². The van der Waals surface area contributed by atoms with Gasteiger partial charge >= 0.3 is 0 Å². The normalized spacial score (nSPS) is 15.0. The van der Waals surface area contributed by atoms with Crippen molar-refractivity contribution in [3.63, 3.8) is 0 Å². The molecule has 1 saturated heterocycles. The molecule has 1 fully saturated rings. The van der Waals surface area contributed by atoms with Crippen molar-refractivity contribution >= 4 is 17.1 Å². The molecule has 6 heteroatoms. The number of aromatic nitrogens is 2. The Hall–Kier alpha value is -2.99. The number of nitrogens with zero attached hydrogens (tertiary/aromatic N) is 4. The average molecular weight is 362 g/mol. The van der Waals surface area contributed by atoms with Gasteiger partial charge in [-0.15, -0.1) is 0 Å². The largest absolute Gasteiger partial charge is 0.497 e. The standard InChI is InChI=1S/C21H22N4O2/c1-27-17-10-8-16(9-11-17)14-22-25-20(15-24-12-4-5-13-24)23-19-7-3-2-6-18(19)21(25)26/h2-3,6-11,14H,4-5,12-13,15H2,1H3. The lowest BCUT2D eigenvalue weighted by Gasteiger charge is -2.16. The second-order valence-corrected chi connectivity index (χ2v) is 6.66. The van der Waals surface area contributed by atoms with Gasteiger partial charge in [0, 0.05) is 0 Å². The molecule has 0 amide bonds. The Morgan fingerprint density at radius 2 is 1.85 bits per heavy atom. The highest BCUT2D eigenvalue weighted by atomic mass is 16.5. The second kappa shape index (κ2) is 7.72. The van der Waals surface area contributed by atoms with Crippen molar-refractivity contribution in [2.45, 2.75) is 19.4 Å². The van der Waals surface area contributed by atoms with E-state index in [0.717, 1.165) is 24.4 Å². The predicted octanol–water partition coefficient (Wildman–Crippen LogP) is 2.88. The number of hydrogen-bond donors (Lipinski definition) is 0. The van der Waals surface area contributed by atoms with Crippen LogP contribution in [-0.2, 0) is 6.54 Å². The fraction of sp³-hybridized carbons (Fsp3) is 0.286. The highest BCUT2D eigenvalue weighted by Crippen LogP contribution is 2.14. The number of fused-ring (bicyclic) bond motifs is 1. The maximum atomic E-state index is 13.0. The molecule has 0 N–H and O–H groups in total. The summed E-state index contributed by atoms with van der Waals surface area (Å²) in [6.07, 6.45) is 4.06. The molecule has 0 aliphatic carbocycles. The zero-order valence-corrected chi connectivity index (χ0v) is 15.3. The molecule has 2 aromatic carbocycles. The van der Waals surface area contributed by atoms with Gasteiger partial charge < -0.3 is 4.74 Å². The van der Waals surface area contributed by atoms with E-state index < -0.39 is 0 Å². The van der Waals surface area contributed by atoms with Crippen LogP contribution in [0.4, 0.5) is 0 Å². The summed E-state index contributed by atoms with van der Waals surface area (Å²) in [6, 6.07) is 15.0. The molecule has 6 nitrogen and oxygen atoms in total. The monoisotopic (exact) mass is 362 g/mol. The maximum absolute atomic E-state index is 13.0. The van der Waals surface area contributed by atoms with Crippen molar-refractivity contribution < 1.29 is 4.74 Å². The molecule has 0 saturated carbocycles. The first-order valence-corrected chi connectivity index (χ1v) is 9.16. The summed E-state index contributed by atoms with van der Waals surface area (Å²) in [5.41, 5.74) is 1.47. The second-order valence-electron chi connectivity index (χ2n) is 6.66. The molecular formula is C21H22N4O2. The Morgan fingerprint density at radius 3 is 2.59 bits per heavy atom. The van der Waals surface area contributed by atoms with Crippen molar-refractivity contribution in [2.24, 2.45) is 5.10 Å². The lowest BCUT2D eigenvalue weighted by Crippen LogP contribution is -2.28. The first-order chi connectivity index (χ1) is 13.2. The van der Waals surface area contributed by atoms with Crippen molar-refractivity contribution in [1.29, 1.82) is 0 Å². The van der Waals surface area contributed by atoms with Crippen LogP contribution < -0.4 is 10.3 Å². The van der Waals surface area contributed by atoms with Gasteiger partial charge in [-0.3, -0.25) is 9.69 Å². The summed E-state index contributed by atoms with van der Waals surface area (Å²) < 4.78 is 6.61. The molecule has 0 atom stereocenters. The molecule has 4 rings (SSSR count). The quantitative estimate of drug-likeness (QED) is 0.655. The van der Waals surface area contributed by atoms with Gasteiger partial charge in [0.25, 0.3) is 5.56 Å². The minimum Gasteiger partial charge on any atom is -0.497 e. The zero-order chi connectivity index (χ0) is 18.6. The van der Waals surface area contributed by atoms with E-state index in [1.165, 1.54) is 17.5 Å². The number of rotatable bonds is 5. The molecule has 1 aliphatic rings. The number of methoxy groups -OCH3 is 1. The summed E-state index contributed by atoms with van der Waals surface area (Å²) in [5.74, 6) is 1.46. The van der Waals surface area contributed by atoms with Gasteiger partial charge in [0.15, 0.2) is 0 Å². The molecule has 1 aromatic heterocycles. The summed E-state index contributed by atoms with van der Waals surface area (Å²) in [6.45, 7) is 2.69. The van der Waals surface area contributed by atoms with Crippen LogP contribution in [0.1, 0.15) is 24.2 Å². The van der Waals surface area contributed by atoms with Crippen LogP contribution in [0.5, 0.6) is 5.75 Å². The van der Waals surface area contributed by atoms with Crippen molar-refractivity contribution in [1.82, 2.24) is 14.6 Å². The van der Waals surface area contributed by atoms with Crippen LogP contribution in [0.2, 0.25) is 0 Å². The van der Waals surface area contributed by atoms with Crippen LogP contribution >= 0.6 is 0 Å². The Balaban J connectivity index is 1.74. The van der Waals surface area contributed by atoms with Crippen LogP contribution in [-0.4, -0.2) is 41.0 Å². The van der Waals surface area contributed by atoms with E-state index in [4.69, 9.17) is 9.72 Å². The first kappa shape index (κ1) is 17.4. The van der Waals surface area contributed by atoms with Crippen LogP contribution in [0.15, 0.2) is 58.4 Å². The smallest absolute Gasteiger partial charge is 0.282 e. The minimum atomic E-state index is -0.139. The lowest BCUT2D eigenvalue weighted by atomic mass is 10.2. The van der Waals surface area contributed by atoms with Crippen LogP contribution in [0.3, 0.4) is 0 Å². The SMILES string of the molecule is COc1ccc(C=Nn2c(CN3CCCC3)nc3ccccc3c2=O)cc1. The predicted molar refractivity (Wildman–Crippen MR) is 107 cm³/mol. The molecule has 0 radical (unpaired) electrons. The number of para-hydroxylation sites is 1. The number of hydrogen-bond acceptors (Lipinski definition) is 5. The molecule has 27 heavy (non-hydrogen) atoms. The molecule has 138 valence electrons. The third-order valence-electron chi connectivity index (χ3n) is 4.82. The Bertz CT molecular complexity index is 1020. The zero-order valence-electron chi connectivity index (χ0n) is 15.3. The average Bonchev–Trinajstić information content (AvgIpc) is 3.21. The van der Waals surface area contributed by atoms with E-state index in [9.17, 15) is 4.79 Å². The van der Waals surface area contributed by atoms with Gasteiger partial charge in [0.2, 0.25) is 0 Å². The minimum absolute atomic E-state index is 0.139. The summed E-state index contributed by atoms with van der Waals surface area (Å²) in [7, 11) is 1.63. The summed E-state index contributed by atoms with van der Waals surface area (Å²) in [5, 5.41) is 5.05. The third kappa shape index (κ3) is 3.75. The number of ether oxygens (including phenoxy) is 1. The summed E-state index contributed by atoms with van der Waals surface area (Å²) >= 11 is 0. The van der Waals surface area contributed by atoms with Crippen LogP contribution in [0, 0.1) is 0 Å². The van der Waals surface area contributed by atoms with E-state index in [1.807, 2.05) is 42.5 Å². The Morgan fingerprint density at radius 1 is 1.11 bits per heavy atom. The van der Waals surface area contributed by atoms with E-state index in [-0.39, 0.29) is 5.56 Å². The van der Waals surface area contributed by atoms with Crippen LogP contribution in [0.25, 0.3) is 10.9 Å². The molecular weight excluding hydrogens is 340 g/mol. The van der Waals surface area contributed by atoms with Gasteiger partial charge in [-0.1, -0.05) is 12.1 Å². The molecule has 0 spiro atoms. The van der Waals surface area contributed by atoms with Gasteiger partial charge in [-0.25, -0.2) is 4.98 Å². The topological polar surface area (TPSA) is 59.7 Å². The maximum Gasteiger partial charge on any atom is 0.282 e. The molecule has 1 aliphatic heterocycles. The Labute approximate surface area is 157 Å². The number of likely N-dealkylation sites (tertiary alicyclic amines) is 1. The molecule has 0 unspecified atom stereocenters. The molecule has 3 aromatic rings. The Kier molecular flexibility index (Phi) is 4.98. The van der Waals surface area contributed by atoms with E-state index >= 15 is 0 Å².